The van der Waals surface area contributed by atoms with Crippen molar-refractivity contribution in [2.45, 2.75) is 25.3 Å². The molecule has 6 heteroatoms. The van der Waals surface area contributed by atoms with Crippen molar-refractivity contribution < 1.29 is 9.18 Å². The second kappa shape index (κ2) is 9.46. The summed E-state index contributed by atoms with van der Waals surface area (Å²) in [5.41, 5.74) is 1.64. The molecule has 1 heterocycles. The molecule has 2 aromatic rings. The van der Waals surface area contributed by atoms with Crippen molar-refractivity contribution in [1.82, 2.24) is 15.5 Å². The minimum atomic E-state index is -0.399. The average Bonchev–Trinajstić information content (AvgIpc) is 2.69. The van der Waals surface area contributed by atoms with Crippen molar-refractivity contribution in [3.05, 3.63) is 71.5 Å². The van der Waals surface area contributed by atoms with E-state index < -0.39 is 5.82 Å². The number of hydrogen-bond donors (Lipinski definition) is 2. The third-order valence-electron chi connectivity index (χ3n) is 4.74. The molecular formula is C21H24FN3OS. The topological polar surface area (TPSA) is 44.4 Å². The number of benzene rings is 2. The number of likely N-dealkylation sites (tertiary alicyclic amines) is 1. The van der Waals surface area contributed by atoms with E-state index in [9.17, 15) is 9.18 Å². The summed E-state index contributed by atoms with van der Waals surface area (Å²) in [6, 6.07) is 16.2. The van der Waals surface area contributed by atoms with Crippen LogP contribution in [0.2, 0.25) is 0 Å². The monoisotopic (exact) mass is 385 g/mol. The molecule has 0 saturated carbocycles. The normalized spacial score (nSPS) is 14.6. The molecule has 27 heavy (non-hydrogen) atoms. The molecular weight excluding hydrogens is 361 g/mol. The molecule has 1 saturated heterocycles. The van der Waals surface area contributed by atoms with E-state index in [-0.39, 0.29) is 11.9 Å². The highest BCUT2D eigenvalue weighted by atomic mass is 32.1. The first kappa shape index (κ1) is 19.3. The maximum absolute atomic E-state index is 13.2. The standard InChI is InChI=1S/C21H24FN3OS/c22-18-8-4-7-17(15-18)20(26)24-19-10-13-25(14-11-19)21(27)23-12-9-16-5-2-1-3-6-16/h1-8,15,19H,9-14H2,(H,23,27)(H,24,26). The van der Waals surface area contributed by atoms with Crippen LogP contribution in [0.5, 0.6) is 0 Å². The van der Waals surface area contributed by atoms with Gasteiger partial charge in [0.25, 0.3) is 5.91 Å². The van der Waals surface area contributed by atoms with E-state index in [0.717, 1.165) is 44.0 Å². The molecule has 0 radical (unpaired) electrons. The van der Waals surface area contributed by atoms with Crippen LogP contribution in [0.25, 0.3) is 0 Å². The number of piperidine rings is 1. The number of carbonyl (C=O) groups is 1. The first-order valence-electron chi connectivity index (χ1n) is 9.25. The molecule has 1 aliphatic heterocycles. The Morgan fingerprint density at radius 3 is 2.56 bits per heavy atom. The van der Waals surface area contributed by atoms with Crippen molar-refractivity contribution >= 4 is 23.2 Å². The molecule has 1 fully saturated rings. The van der Waals surface area contributed by atoms with Crippen LogP contribution in [0.3, 0.4) is 0 Å². The number of amides is 1. The SMILES string of the molecule is O=C(NC1CCN(C(=S)NCCc2ccccc2)CC1)c1cccc(F)c1. The van der Waals surface area contributed by atoms with Gasteiger partial charge in [-0.1, -0.05) is 36.4 Å². The zero-order chi connectivity index (χ0) is 19.1. The molecule has 1 amide bonds. The van der Waals surface area contributed by atoms with Gasteiger partial charge in [-0.25, -0.2) is 4.39 Å². The molecule has 142 valence electrons. The Labute approximate surface area is 164 Å². The highest BCUT2D eigenvalue weighted by molar-refractivity contribution is 7.80. The fourth-order valence-corrected chi connectivity index (χ4v) is 3.48. The Morgan fingerprint density at radius 2 is 1.85 bits per heavy atom. The minimum absolute atomic E-state index is 0.0872. The van der Waals surface area contributed by atoms with Gasteiger partial charge >= 0.3 is 0 Å². The summed E-state index contributed by atoms with van der Waals surface area (Å²) in [7, 11) is 0. The highest BCUT2D eigenvalue weighted by Gasteiger charge is 2.22. The minimum Gasteiger partial charge on any atom is -0.362 e. The Morgan fingerprint density at radius 1 is 1.11 bits per heavy atom. The number of halogens is 1. The number of nitrogens with zero attached hydrogens (tertiary/aromatic N) is 1. The maximum atomic E-state index is 13.2. The smallest absolute Gasteiger partial charge is 0.251 e. The first-order valence-corrected chi connectivity index (χ1v) is 9.66. The van der Waals surface area contributed by atoms with E-state index in [1.807, 2.05) is 18.2 Å². The van der Waals surface area contributed by atoms with Gasteiger partial charge in [0.15, 0.2) is 5.11 Å². The summed E-state index contributed by atoms with van der Waals surface area (Å²) in [5, 5.41) is 7.07. The van der Waals surface area contributed by atoms with Crippen LogP contribution >= 0.6 is 12.2 Å². The third kappa shape index (κ3) is 5.76. The van der Waals surface area contributed by atoms with Crippen LogP contribution in [-0.2, 0) is 6.42 Å². The van der Waals surface area contributed by atoms with Gasteiger partial charge < -0.3 is 15.5 Å². The Balaban J connectivity index is 1.39. The van der Waals surface area contributed by atoms with Gasteiger partial charge in [0.05, 0.1) is 0 Å². The van der Waals surface area contributed by atoms with E-state index >= 15 is 0 Å². The van der Waals surface area contributed by atoms with E-state index in [4.69, 9.17) is 12.2 Å². The first-order chi connectivity index (χ1) is 13.1. The maximum Gasteiger partial charge on any atom is 0.251 e. The molecule has 2 aromatic carbocycles. The number of rotatable bonds is 5. The van der Waals surface area contributed by atoms with Gasteiger partial charge in [-0.3, -0.25) is 4.79 Å². The average molecular weight is 386 g/mol. The fraction of sp³-hybridized carbons (Fsp3) is 0.333. The van der Waals surface area contributed by atoms with Crippen LogP contribution < -0.4 is 10.6 Å². The molecule has 0 unspecified atom stereocenters. The van der Waals surface area contributed by atoms with E-state index in [0.29, 0.717) is 5.56 Å². The molecule has 0 atom stereocenters. The van der Waals surface area contributed by atoms with Gasteiger partial charge in [0.2, 0.25) is 0 Å². The van der Waals surface area contributed by atoms with Crippen LogP contribution in [0, 0.1) is 5.82 Å². The van der Waals surface area contributed by atoms with Gasteiger partial charge in [-0.15, -0.1) is 0 Å². The third-order valence-corrected chi connectivity index (χ3v) is 5.14. The molecule has 0 spiro atoms. The summed E-state index contributed by atoms with van der Waals surface area (Å²) in [4.78, 5) is 14.4. The zero-order valence-corrected chi connectivity index (χ0v) is 16.0. The lowest BCUT2D eigenvalue weighted by atomic mass is 10.0. The molecule has 1 aliphatic rings. The van der Waals surface area contributed by atoms with Crippen molar-refractivity contribution in [3.8, 4) is 0 Å². The molecule has 0 aliphatic carbocycles. The van der Waals surface area contributed by atoms with Crippen LogP contribution in [0.15, 0.2) is 54.6 Å². The molecule has 3 rings (SSSR count). The highest BCUT2D eigenvalue weighted by Crippen LogP contribution is 2.12. The van der Waals surface area contributed by atoms with Crippen LogP contribution in [0.4, 0.5) is 4.39 Å². The summed E-state index contributed by atoms with van der Waals surface area (Å²) in [5.74, 6) is -0.624. The van der Waals surface area contributed by atoms with Crippen molar-refractivity contribution in [1.29, 1.82) is 0 Å². The lowest BCUT2D eigenvalue weighted by Gasteiger charge is -2.34. The lowest BCUT2D eigenvalue weighted by Crippen LogP contribution is -2.49. The predicted octanol–water partition coefficient (Wildman–Crippen LogP) is 3.14. The molecule has 0 bridgehead atoms. The number of carbonyl (C=O) groups excluding carboxylic acids is 1. The second-order valence-electron chi connectivity index (χ2n) is 6.71. The van der Waals surface area contributed by atoms with Crippen molar-refractivity contribution in [3.63, 3.8) is 0 Å². The van der Waals surface area contributed by atoms with Gasteiger partial charge in [-0.2, -0.15) is 0 Å². The molecule has 2 N–H and O–H groups in total. The van der Waals surface area contributed by atoms with Crippen molar-refractivity contribution in [2.24, 2.45) is 0 Å². The van der Waals surface area contributed by atoms with Gasteiger partial charge in [0, 0.05) is 31.2 Å². The largest absolute Gasteiger partial charge is 0.362 e. The molecule has 0 aromatic heterocycles. The van der Waals surface area contributed by atoms with Gasteiger partial charge in [0.1, 0.15) is 5.82 Å². The second-order valence-corrected chi connectivity index (χ2v) is 7.10. The van der Waals surface area contributed by atoms with Gasteiger partial charge in [-0.05, 0) is 55.2 Å². The van der Waals surface area contributed by atoms with E-state index in [1.54, 1.807) is 12.1 Å². The van der Waals surface area contributed by atoms with E-state index in [1.165, 1.54) is 17.7 Å². The Hall–Kier alpha value is -2.47. The Kier molecular flexibility index (Phi) is 6.76. The number of nitrogens with one attached hydrogen (secondary N) is 2. The number of hydrogen-bond acceptors (Lipinski definition) is 2. The quantitative estimate of drug-likeness (QED) is 0.776. The molecule has 4 nitrogen and oxygen atoms in total. The Bertz CT molecular complexity index is 776. The summed E-state index contributed by atoms with van der Waals surface area (Å²) in [6.45, 7) is 2.40. The van der Waals surface area contributed by atoms with Crippen molar-refractivity contribution in [2.75, 3.05) is 19.6 Å². The summed E-state index contributed by atoms with van der Waals surface area (Å²) < 4.78 is 13.2. The fourth-order valence-electron chi connectivity index (χ4n) is 3.20. The van der Waals surface area contributed by atoms with Crippen LogP contribution in [-0.4, -0.2) is 41.6 Å². The summed E-state index contributed by atoms with van der Waals surface area (Å²) in [6.07, 6.45) is 2.57. The van der Waals surface area contributed by atoms with Crippen LogP contribution in [0.1, 0.15) is 28.8 Å². The summed E-state index contributed by atoms with van der Waals surface area (Å²) >= 11 is 5.49. The lowest BCUT2D eigenvalue weighted by molar-refractivity contribution is 0.0922. The predicted molar refractivity (Wildman–Crippen MR) is 109 cm³/mol. The zero-order valence-electron chi connectivity index (χ0n) is 15.2. The number of thiocarbonyl (C=S) groups is 1. The van der Waals surface area contributed by atoms with E-state index in [2.05, 4.69) is 27.7 Å².